The first-order chi connectivity index (χ1) is 10.2. The molecule has 2 unspecified atom stereocenters. The van der Waals surface area contributed by atoms with Crippen LogP contribution in [0.2, 0.25) is 0 Å². The summed E-state index contributed by atoms with van der Waals surface area (Å²) >= 11 is 0. The van der Waals surface area contributed by atoms with Gasteiger partial charge >= 0.3 is 0 Å². The molecule has 5 nitrogen and oxygen atoms in total. The first-order valence-electron chi connectivity index (χ1n) is 7.46. The summed E-state index contributed by atoms with van der Waals surface area (Å²) in [5.74, 6) is -0.256. The number of nitrogens with one attached hydrogen (secondary N) is 2. The van der Waals surface area contributed by atoms with E-state index in [0.717, 1.165) is 18.5 Å². The van der Waals surface area contributed by atoms with E-state index in [2.05, 4.69) is 10.6 Å². The van der Waals surface area contributed by atoms with Crippen LogP contribution in [0.1, 0.15) is 24.8 Å². The summed E-state index contributed by atoms with van der Waals surface area (Å²) in [6, 6.07) is 9.36. The summed E-state index contributed by atoms with van der Waals surface area (Å²) in [5.41, 5.74) is 1.01. The fourth-order valence-corrected chi connectivity index (χ4v) is 2.81. The monoisotopic (exact) mass is 289 g/mol. The molecule has 1 aromatic rings. The van der Waals surface area contributed by atoms with Gasteiger partial charge in [-0.05, 0) is 12.0 Å². The number of piperazine rings is 1. The number of nitrogens with zero attached hydrogens (tertiary/aromatic N) is 1. The first kappa shape index (κ1) is 15.5. The Bertz CT molecular complexity index is 490. The molecule has 21 heavy (non-hydrogen) atoms. The molecule has 1 saturated heterocycles. The second-order valence-corrected chi connectivity index (χ2v) is 5.24. The summed E-state index contributed by atoms with van der Waals surface area (Å²) in [7, 11) is 1.61. The van der Waals surface area contributed by atoms with Crippen molar-refractivity contribution in [3.63, 3.8) is 0 Å². The maximum absolute atomic E-state index is 12.9. The van der Waals surface area contributed by atoms with Crippen LogP contribution in [0.25, 0.3) is 0 Å². The quantitative estimate of drug-likeness (QED) is 0.859. The molecule has 0 radical (unpaired) electrons. The molecule has 1 fully saturated rings. The van der Waals surface area contributed by atoms with Gasteiger partial charge in [0, 0.05) is 26.7 Å². The Hall–Kier alpha value is -1.88. The highest BCUT2D eigenvalue weighted by atomic mass is 16.2. The van der Waals surface area contributed by atoms with E-state index in [1.165, 1.54) is 0 Å². The average Bonchev–Trinajstić information content (AvgIpc) is 2.55. The minimum absolute atomic E-state index is 0.0406. The van der Waals surface area contributed by atoms with Crippen molar-refractivity contribution in [2.24, 2.45) is 0 Å². The van der Waals surface area contributed by atoms with Gasteiger partial charge in [-0.25, -0.2) is 0 Å². The highest BCUT2D eigenvalue weighted by Crippen LogP contribution is 2.23. The van der Waals surface area contributed by atoms with Crippen LogP contribution in [-0.4, -0.2) is 49.4 Å². The molecular formula is C16H23N3O2. The lowest BCUT2D eigenvalue weighted by Gasteiger charge is -2.37. The Kier molecular flexibility index (Phi) is 5.33. The second kappa shape index (κ2) is 7.22. The highest BCUT2D eigenvalue weighted by molar-refractivity contribution is 5.91. The summed E-state index contributed by atoms with van der Waals surface area (Å²) in [6.45, 7) is 3.81. The van der Waals surface area contributed by atoms with E-state index in [1.54, 1.807) is 11.9 Å². The van der Waals surface area contributed by atoms with Crippen molar-refractivity contribution in [2.45, 2.75) is 25.3 Å². The smallest absolute Gasteiger partial charge is 0.243 e. The lowest BCUT2D eigenvalue weighted by molar-refractivity contribution is -0.142. The summed E-state index contributed by atoms with van der Waals surface area (Å²) in [5, 5.41) is 5.82. The van der Waals surface area contributed by atoms with E-state index in [-0.39, 0.29) is 17.7 Å². The molecule has 1 heterocycles. The minimum atomic E-state index is -0.422. The van der Waals surface area contributed by atoms with Crippen LogP contribution < -0.4 is 10.6 Å². The molecular weight excluding hydrogens is 266 g/mol. The van der Waals surface area contributed by atoms with Gasteiger partial charge in [-0.2, -0.15) is 0 Å². The number of hydrogen-bond acceptors (Lipinski definition) is 3. The van der Waals surface area contributed by atoms with Crippen LogP contribution in [-0.2, 0) is 9.59 Å². The molecule has 0 saturated carbocycles. The molecule has 5 heteroatoms. The number of rotatable bonds is 4. The molecule has 0 aromatic heterocycles. The van der Waals surface area contributed by atoms with Crippen molar-refractivity contribution < 1.29 is 9.59 Å². The molecule has 2 rings (SSSR count). The lowest BCUT2D eigenvalue weighted by atomic mass is 9.94. The Morgan fingerprint density at radius 1 is 1.38 bits per heavy atom. The van der Waals surface area contributed by atoms with Gasteiger partial charge < -0.3 is 15.5 Å². The van der Waals surface area contributed by atoms with E-state index in [4.69, 9.17) is 0 Å². The van der Waals surface area contributed by atoms with E-state index in [0.29, 0.717) is 13.1 Å². The van der Waals surface area contributed by atoms with E-state index >= 15 is 0 Å². The van der Waals surface area contributed by atoms with Crippen molar-refractivity contribution in [3.8, 4) is 0 Å². The predicted molar refractivity (Wildman–Crippen MR) is 81.9 cm³/mol. The zero-order valence-corrected chi connectivity index (χ0v) is 12.6. The van der Waals surface area contributed by atoms with Gasteiger partial charge in [0.25, 0.3) is 0 Å². The molecule has 0 spiro atoms. The largest absolute Gasteiger partial charge is 0.357 e. The fourth-order valence-electron chi connectivity index (χ4n) is 2.81. The minimum Gasteiger partial charge on any atom is -0.357 e. The third kappa shape index (κ3) is 3.42. The third-order valence-corrected chi connectivity index (χ3v) is 3.98. The Morgan fingerprint density at radius 2 is 2.10 bits per heavy atom. The zero-order valence-electron chi connectivity index (χ0n) is 12.6. The summed E-state index contributed by atoms with van der Waals surface area (Å²) in [4.78, 5) is 26.6. The van der Waals surface area contributed by atoms with Crippen LogP contribution in [0.5, 0.6) is 0 Å². The van der Waals surface area contributed by atoms with Gasteiger partial charge in [0.2, 0.25) is 11.8 Å². The van der Waals surface area contributed by atoms with Crippen LogP contribution in [0, 0.1) is 0 Å². The standard InChI is InChI=1S/C16H23N3O2/c1-3-13(12-7-5-4-6-8-12)16(21)19-10-9-18-11-14(19)15(20)17-2/h4-8,13-14,18H,3,9-11H2,1-2H3,(H,17,20). The van der Waals surface area contributed by atoms with Gasteiger partial charge in [-0.3, -0.25) is 9.59 Å². The number of hydrogen-bond donors (Lipinski definition) is 2. The van der Waals surface area contributed by atoms with Gasteiger partial charge in [-0.1, -0.05) is 37.3 Å². The van der Waals surface area contributed by atoms with Gasteiger partial charge in [0.1, 0.15) is 6.04 Å². The zero-order chi connectivity index (χ0) is 15.2. The van der Waals surface area contributed by atoms with Crippen molar-refractivity contribution >= 4 is 11.8 Å². The molecule has 1 aliphatic heterocycles. The summed E-state index contributed by atoms with van der Waals surface area (Å²) in [6.07, 6.45) is 0.729. The molecule has 1 aliphatic rings. The molecule has 0 aliphatic carbocycles. The Labute approximate surface area is 125 Å². The van der Waals surface area contributed by atoms with Crippen LogP contribution >= 0.6 is 0 Å². The SMILES string of the molecule is CCC(C(=O)N1CCNCC1C(=O)NC)c1ccccc1. The number of benzene rings is 1. The number of carbonyl (C=O) groups excluding carboxylic acids is 2. The Balaban J connectivity index is 2.21. The second-order valence-electron chi connectivity index (χ2n) is 5.24. The van der Waals surface area contributed by atoms with Crippen LogP contribution in [0.3, 0.4) is 0 Å². The fraction of sp³-hybridized carbons (Fsp3) is 0.500. The molecule has 1 aromatic carbocycles. The van der Waals surface area contributed by atoms with Crippen LogP contribution in [0.15, 0.2) is 30.3 Å². The van der Waals surface area contributed by atoms with Gasteiger partial charge in [-0.15, -0.1) is 0 Å². The van der Waals surface area contributed by atoms with E-state index in [9.17, 15) is 9.59 Å². The third-order valence-electron chi connectivity index (χ3n) is 3.98. The molecule has 2 amide bonds. The molecule has 114 valence electrons. The van der Waals surface area contributed by atoms with Gasteiger partial charge in [0.15, 0.2) is 0 Å². The van der Waals surface area contributed by atoms with E-state index in [1.807, 2.05) is 37.3 Å². The number of amides is 2. The normalized spacial score (nSPS) is 19.9. The van der Waals surface area contributed by atoms with Gasteiger partial charge in [0.05, 0.1) is 5.92 Å². The van der Waals surface area contributed by atoms with Crippen molar-refractivity contribution in [3.05, 3.63) is 35.9 Å². The maximum Gasteiger partial charge on any atom is 0.243 e. The molecule has 0 bridgehead atoms. The van der Waals surface area contributed by atoms with Crippen molar-refractivity contribution in [2.75, 3.05) is 26.7 Å². The molecule has 2 N–H and O–H groups in total. The molecule has 2 atom stereocenters. The van der Waals surface area contributed by atoms with E-state index < -0.39 is 6.04 Å². The predicted octanol–water partition coefficient (Wildman–Crippen LogP) is 0.727. The Morgan fingerprint density at radius 3 is 2.71 bits per heavy atom. The van der Waals surface area contributed by atoms with Crippen molar-refractivity contribution in [1.82, 2.24) is 15.5 Å². The maximum atomic E-state index is 12.9. The summed E-state index contributed by atoms with van der Waals surface area (Å²) < 4.78 is 0. The first-order valence-corrected chi connectivity index (χ1v) is 7.46. The van der Waals surface area contributed by atoms with Crippen molar-refractivity contribution in [1.29, 1.82) is 0 Å². The number of carbonyl (C=O) groups is 2. The average molecular weight is 289 g/mol. The van der Waals surface area contributed by atoms with Crippen LogP contribution in [0.4, 0.5) is 0 Å². The topological polar surface area (TPSA) is 61.4 Å². The number of likely N-dealkylation sites (N-methyl/N-ethyl adjacent to an activating group) is 1. The lowest BCUT2D eigenvalue weighted by Crippen LogP contribution is -2.60. The highest BCUT2D eigenvalue weighted by Gasteiger charge is 2.34.